The highest BCUT2D eigenvalue weighted by atomic mass is 16.4. The Labute approximate surface area is 122 Å². The molecule has 1 aromatic rings. The van der Waals surface area contributed by atoms with Crippen LogP contribution in [-0.4, -0.2) is 23.4 Å². The zero-order valence-electron chi connectivity index (χ0n) is 11.9. The molecule has 0 aromatic carbocycles. The maximum Gasteiger partial charge on any atom is 0.244 e. The van der Waals surface area contributed by atoms with E-state index in [1.807, 2.05) is 0 Å². The number of carbonyl (C=O) groups excluding carboxylic acids is 3. The molecule has 21 heavy (non-hydrogen) atoms. The van der Waals surface area contributed by atoms with Crippen LogP contribution in [0.15, 0.2) is 22.3 Å². The van der Waals surface area contributed by atoms with Crippen molar-refractivity contribution in [3.63, 3.8) is 0 Å². The van der Waals surface area contributed by atoms with Crippen LogP contribution < -0.4 is 5.32 Å². The van der Waals surface area contributed by atoms with Gasteiger partial charge in [0.2, 0.25) is 5.78 Å². The molecule has 1 saturated carbocycles. The standard InChI is InChI=1S/C16H17NO4/c1-9(18)14-7-11-13(19)8-12(15(20)16(11)21-14)17-10-5-3-2-4-6-10/h7-8,10,17H,2-6H2,1H3. The van der Waals surface area contributed by atoms with E-state index in [0.717, 1.165) is 25.7 Å². The first-order valence-corrected chi connectivity index (χ1v) is 7.28. The van der Waals surface area contributed by atoms with E-state index in [-0.39, 0.29) is 46.2 Å². The van der Waals surface area contributed by atoms with Crippen LogP contribution in [-0.2, 0) is 0 Å². The van der Waals surface area contributed by atoms with Gasteiger partial charge in [0, 0.05) is 19.0 Å². The number of Topliss-reactive ketones (excluding diaryl/α,β-unsaturated/α-hetero) is 2. The first kappa shape index (κ1) is 13.8. The molecule has 0 radical (unpaired) electrons. The fourth-order valence-corrected chi connectivity index (χ4v) is 2.89. The van der Waals surface area contributed by atoms with Crippen molar-refractivity contribution in [2.24, 2.45) is 0 Å². The average Bonchev–Trinajstić information content (AvgIpc) is 2.92. The molecule has 1 N–H and O–H groups in total. The molecule has 1 fully saturated rings. The van der Waals surface area contributed by atoms with Crippen molar-refractivity contribution in [2.75, 3.05) is 0 Å². The van der Waals surface area contributed by atoms with Gasteiger partial charge in [0.25, 0.3) is 0 Å². The molecule has 0 atom stereocenters. The molecular formula is C16H17NO4. The van der Waals surface area contributed by atoms with E-state index in [0.29, 0.717) is 0 Å². The van der Waals surface area contributed by atoms with E-state index < -0.39 is 0 Å². The molecule has 5 heteroatoms. The van der Waals surface area contributed by atoms with Crippen LogP contribution in [0.4, 0.5) is 0 Å². The lowest BCUT2D eigenvalue weighted by atomic mass is 9.93. The molecule has 2 aliphatic carbocycles. The van der Waals surface area contributed by atoms with E-state index in [1.54, 1.807) is 0 Å². The van der Waals surface area contributed by atoms with Gasteiger partial charge in [-0.2, -0.15) is 0 Å². The lowest BCUT2D eigenvalue weighted by molar-refractivity contribution is 0.0941. The van der Waals surface area contributed by atoms with Gasteiger partial charge in [-0.05, 0) is 18.9 Å². The zero-order valence-corrected chi connectivity index (χ0v) is 11.9. The van der Waals surface area contributed by atoms with Crippen LogP contribution in [0.2, 0.25) is 0 Å². The second-order valence-corrected chi connectivity index (χ2v) is 5.64. The molecule has 0 aliphatic heterocycles. The normalized spacial score (nSPS) is 19.2. The summed E-state index contributed by atoms with van der Waals surface area (Å²) in [5.41, 5.74) is 0.461. The number of furan rings is 1. The van der Waals surface area contributed by atoms with Crippen molar-refractivity contribution in [3.8, 4) is 0 Å². The summed E-state index contributed by atoms with van der Waals surface area (Å²) >= 11 is 0. The number of hydrogen-bond donors (Lipinski definition) is 1. The van der Waals surface area contributed by atoms with Crippen LogP contribution in [0.5, 0.6) is 0 Å². The number of hydrogen-bond acceptors (Lipinski definition) is 5. The maximum atomic E-state index is 12.4. The largest absolute Gasteiger partial charge is 0.449 e. The van der Waals surface area contributed by atoms with Crippen molar-refractivity contribution >= 4 is 17.3 Å². The van der Waals surface area contributed by atoms with Crippen LogP contribution >= 0.6 is 0 Å². The Morgan fingerprint density at radius 3 is 2.62 bits per heavy atom. The van der Waals surface area contributed by atoms with Gasteiger partial charge in [0.15, 0.2) is 23.1 Å². The summed E-state index contributed by atoms with van der Waals surface area (Å²) in [6.45, 7) is 1.34. The summed E-state index contributed by atoms with van der Waals surface area (Å²) in [5, 5.41) is 3.16. The van der Waals surface area contributed by atoms with E-state index in [4.69, 9.17) is 4.42 Å². The smallest absolute Gasteiger partial charge is 0.244 e. The molecule has 0 spiro atoms. The molecule has 0 amide bonds. The Balaban J connectivity index is 1.85. The summed E-state index contributed by atoms with van der Waals surface area (Å²) in [5.74, 6) is -0.909. The molecule has 1 heterocycles. The van der Waals surface area contributed by atoms with E-state index in [2.05, 4.69) is 5.32 Å². The summed E-state index contributed by atoms with van der Waals surface area (Å²) in [4.78, 5) is 35.8. The summed E-state index contributed by atoms with van der Waals surface area (Å²) in [7, 11) is 0. The summed E-state index contributed by atoms with van der Waals surface area (Å²) in [6, 6.07) is 1.58. The van der Waals surface area contributed by atoms with Crippen LogP contribution in [0.1, 0.15) is 70.5 Å². The minimum Gasteiger partial charge on any atom is -0.449 e. The van der Waals surface area contributed by atoms with Gasteiger partial charge in [0.1, 0.15) is 0 Å². The Hall–Kier alpha value is -2.17. The number of ketones is 3. The van der Waals surface area contributed by atoms with E-state index in [1.165, 1.54) is 25.5 Å². The third kappa shape index (κ3) is 2.55. The van der Waals surface area contributed by atoms with Crippen molar-refractivity contribution in [1.82, 2.24) is 5.32 Å². The van der Waals surface area contributed by atoms with Crippen LogP contribution in [0, 0.1) is 0 Å². The van der Waals surface area contributed by atoms with Gasteiger partial charge in [-0.25, -0.2) is 0 Å². The van der Waals surface area contributed by atoms with Crippen LogP contribution in [0.25, 0.3) is 0 Å². The fraction of sp³-hybridized carbons (Fsp3) is 0.438. The highest BCUT2D eigenvalue weighted by molar-refractivity contribution is 6.23. The molecule has 5 nitrogen and oxygen atoms in total. The molecule has 2 aliphatic rings. The Morgan fingerprint density at radius 2 is 1.95 bits per heavy atom. The van der Waals surface area contributed by atoms with E-state index >= 15 is 0 Å². The Kier molecular flexibility index (Phi) is 3.49. The van der Waals surface area contributed by atoms with Crippen LogP contribution in [0.3, 0.4) is 0 Å². The van der Waals surface area contributed by atoms with Gasteiger partial charge < -0.3 is 9.73 Å². The lowest BCUT2D eigenvalue weighted by Crippen LogP contribution is -2.35. The van der Waals surface area contributed by atoms with Gasteiger partial charge in [-0.15, -0.1) is 0 Å². The van der Waals surface area contributed by atoms with Crippen molar-refractivity contribution in [2.45, 2.75) is 45.1 Å². The van der Waals surface area contributed by atoms with Gasteiger partial charge in [-0.3, -0.25) is 14.4 Å². The van der Waals surface area contributed by atoms with Gasteiger partial charge >= 0.3 is 0 Å². The van der Waals surface area contributed by atoms with Crippen molar-refractivity contribution in [3.05, 3.63) is 34.9 Å². The first-order chi connectivity index (χ1) is 10.1. The van der Waals surface area contributed by atoms with Crippen molar-refractivity contribution < 1.29 is 18.8 Å². The maximum absolute atomic E-state index is 12.4. The Bertz CT molecular complexity index is 647. The highest BCUT2D eigenvalue weighted by Crippen LogP contribution is 2.26. The fourth-order valence-electron chi connectivity index (χ4n) is 2.89. The third-order valence-corrected chi connectivity index (χ3v) is 4.04. The highest BCUT2D eigenvalue weighted by Gasteiger charge is 2.32. The minimum absolute atomic E-state index is 0.0222. The van der Waals surface area contributed by atoms with Gasteiger partial charge in [-0.1, -0.05) is 19.3 Å². The molecule has 3 rings (SSSR count). The Morgan fingerprint density at radius 1 is 1.24 bits per heavy atom. The predicted octanol–water partition coefficient (Wildman–Crippen LogP) is 2.67. The second-order valence-electron chi connectivity index (χ2n) is 5.64. The zero-order chi connectivity index (χ0) is 15.0. The topological polar surface area (TPSA) is 76.4 Å². The summed E-state index contributed by atoms with van der Waals surface area (Å²) < 4.78 is 5.27. The predicted molar refractivity (Wildman–Crippen MR) is 75.5 cm³/mol. The number of nitrogens with one attached hydrogen (secondary N) is 1. The first-order valence-electron chi connectivity index (χ1n) is 7.28. The summed E-state index contributed by atoms with van der Waals surface area (Å²) in [6.07, 6.45) is 6.80. The molecular weight excluding hydrogens is 270 g/mol. The lowest BCUT2D eigenvalue weighted by Gasteiger charge is -2.25. The second kappa shape index (κ2) is 5.31. The molecule has 0 bridgehead atoms. The van der Waals surface area contributed by atoms with Gasteiger partial charge in [0.05, 0.1) is 11.3 Å². The molecule has 110 valence electrons. The quantitative estimate of drug-likeness (QED) is 0.865. The number of allylic oxidation sites excluding steroid dienone is 2. The molecule has 0 unspecified atom stereocenters. The minimum atomic E-state index is -0.345. The molecule has 1 aromatic heterocycles. The van der Waals surface area contributed by atoms with Crippen molar-refractivity contribution in [1.29, 1.82) is 0 Å². The number of carbonyl (C=O) groups is 3. The number of fused-ring (bicyclic) bond motifs is 1. The average molecular weight is 287 g/mol. The molecule has 0 saturated heterocycles. The van der Waals surface area contributed by atoms with E-state index in [9.17, 15) is 14.4 Å². The number of rotatable bonds is 3. The monoisotopic (exact) mass is 287 g/mol. The third-order valence-electron chi connectivity index (χ3n) is 4.04. The SMILES string of the molecule is CC(=O)c1cc2c(o1)C(=O)C(NC1CCCCC1)=CC2=O.